The number of aryl methyl sites for hydroxylation is 1. The predicted octanol–water partition coefficient (Wildman–Crippen LogP) is 2.96. The molecule has 1 N–H and O–H groups in total. The quantitative estimate of drug-likeness (QED) is 0.387. The van der Waals surface area contributed by atoms with Crippen molar-refractivity contribution in [2.75, 3.05) is 0 Å². The van der Waals surface area contributed by atoms with Crippen LogP contribution in [0.15, 0.2) is 40.5 Å². The van der Waals surface area contributed by atoms with Gasteiger partial charge in [0.15, 0.2) is 0 Å². The zero-order valence-corrected chi connectivity index (χ0v) is 14.5. The Morgan fingerprint density at radius 3 is 2.92 bits per heavy atom. The standard InChI is InChI=1S/C17H15N3O5S/c21-16(25-9-11-8-15(20(23)24)26-10-11)7-3-6-14-18-13-5-2-1-4-12(13)17(22)19-14/h1-2,4-5,8,10H,3,6-7,9H2,(H,18,19,22). The van der Waals surface area contributed by atoms with E-state index in [9.17, 15) is 19.7 Å². The van der Waals surface area contributed by atoms with Crippen LogP contribution in [0, 0.1) is 10.1 Å². The monoisotopic (exact) mass is 373 g/mol. The molecular weight excluding hydrogens is 358 g/mol. The average molecular weight is 373 g/mol. The number of aromatic amines is 1. The fourth-order valence-electron chi connectivity index (χ4n) is 2.42. The largest absolute Gasteiger partial charge is 0.461 e. The minimum Gasteiger partial charge on any atom is -0.461 e. The first-order valence-corrected chi connectivity index (χ1v) is 8.76. The van der Waals surface area contributed by atoms with Gasteiger partial charge in [0.1, 0.15) is 12.4 Å². The molecule has 0 aliphatic carbocycles. The molecule has 1 aromatic carbocycles. The Hall–Kier alpha value is -3.07. The molecule has 3 aromatic rings. The van der Waals surface area contributed by atoms with Crippen molar-refractivity contribution in [3.05, 3.63) is 67.6 Å². The fraction of sp³-hybridized carbons (Fsp3) is 0.235. The molecule has 0 saturated carbocycles. The van der Waals surface area contributed by atoms with E-state index in [-0.39, 0.29) is 23.6 Å². The van der Waals surface area contributed by atoms with Crippen LogP contribution in [-0.2, 0) is 22.6 Å². The third-order valence-corrected chi connectivity index (χ3v) is 4.61. The molecule has 0 spiro atoms. The Morgan fingerprint density at radius 1 is 1.35 bits per heavy atom. The van der Waals surface area contributed by atoms with Gasteiger partial charge < -0.3 is 9.72 Å². The molecule has 0 unspecified atom stereocenters. The number of carbonyl (C=O) groups excluding carboxylic acids is 1. The Balaban J connectivity index is 1.49. The molecule has 0 amide bonds. The molecule has 0 bridgehead atoms. The number of carbonyl (C=O) groups is 1. The molecule has 0 saturated heterocycles. The van der Waals surface area contributed by atoms with Gasteiger partial charge in [-0.2, -0.15) is 0 Å². The lowest BCUT2D eigenvalue weighted by molar-refractivity contribution is -0.380. The lowest BCUT2D eigenvalue weighted by Gasteiger charge is -2.04. The Bertz CT molecular complexity index is 1010. The van der Waals surface area contributed by atoms with Crippen molar-refractivity contribution in [1.29, 1.82) is 0 Å². The van der Waals surface area contributed by atoms with Crippen molar-refractivity contribution in [1.82, 2.24) is 9.97 Å². The van der Waals surface area contributed by atoms with Gasteiger partial charge in [-0.15, -0.1) is 0 Å². The molecule has 3 rings (SSSR count). The van der Waals surface area contributed by atoms with Gasteiger partial charge in [-0.3, -0.25) is 19.7 Å². The van der Waals surface area contributed by atoms with Crippen LogP contribution in [0.5, 0.6) is 0 Å². The molecule has 0 aliphatic heterocycles. The summed E-state index contributed by atoms with van der Waals surface area (Å²) in [6.45, 7) is 0.00817. The molecule has 0 radical (unpaired) electrons. The zero-order chi connectivity index (χ0) is 18.5. The van der Waals surface area contributed by atoms with E-state index in [2.05, 4.69) is 9.97 Å². The highest BCUT2D eigenvalue weighted by molar-refractivity contribution is 7.13. The maximum Gasteiger partial charge on any atom is 0.324 e. The van der Waals surface area contributed by atoms with Crippen LogP contribution in [0.1, 0.15) is 24.2 Å². The van der Waals surface area contributed by atoms with Crippen LogP contribution in [0.3, 0.4) is 0 Å². The van der Waals surface area contributed by atoms with E-state index in [1.54, 1.807) is 23.6 Å². The summed E-state index contributed by atoms with van der Waals surface area (Å²) in [6.07, 6.45) is 1.09. The zero-order valence-electron chi connectivity index (χ0n) is 13.6. The third-order valence-electron chi connectivity index (χ3n) is 3.68. The highest BCUT2D eigenvalue weighted by Crippen LogP contribution is 2.23. The summed E-state index contributed by atoms with van der Waals surface area (Å²) in [5.41, 5.74) is 1.01. The molecule has 26 heavy (non-hydrogen) atoms. The topological polar surface area (TPSA) is 115 Å². The van der Waals surface area contributed by atoms with Gasteiger partial charge in [-0.25, -0.2) is 4.98 Å². The first-order valence-electron chi connectivity index (χ1n) is 7.88. The number of nitrogens with one attached hydrogen (secondary N) is 1. The minimum atomic E-state index is -0.479. The van der Waals surface area contributed by atoms with Crippen LogP contribution >= 0.6 is 11.3 Å². The van der Waals surface area contributed by atoms with Crippen LogP contribution in [0.25, 0.3) is 10.9 Å². The Morgan fingerprint density at radius 2 is 2.15 bits per heavy atom. The van der Waals surface area contributed by atoms with E-state index in [0.717, 1.165) is 11.3 Å². The van der Waals surface area contributed by atoms with Crippen LogP contribution < -0.4 is 5.56 Å². The van der Waals surface area contributed by atoms with Crippen molar-refractivity contribution in [2.45, 2.75) is 25.9 Å². The summed E-state index contributed by atoms with van der Waals surface area (Å²) in [6, 6.07) is 8.45. The van der Waals surface area contributed by atoms with E-state index < -0.39 is 10.9 Å². The number of thiophene rings is 1. The molecular formula is C17H15N3O5S. The number of H-pyrrole nitrogens is 1. The highest BCUT2D eigenvalue weighted by atomic mass is 32.1. The van der Waals surface area contributed by atoms with Crippen molar-refractivity contribution in [3.63, 3.8) is 0 Å². The summed E-state index contributed by atoms with van der Waals surface area (Å²) in [4.78, 5) is 41.0. The summed E-state index contributed by atoms with van der Waals surface area (Å²) < 4.78 is 5.11. The van der Waals surface area contributed by atoms with Gasteiger partial charge in [0.05, 0.1) is 15.8 Å². The number of benzene rings is 1. The summed E-state index contributed by atoms with van der Waals surface area (Å²) >= 11 is 0.994. The number of esters is 1. The molecule has 0 atom stereocenters. The number of nitro groups is 1. The van der Waals surface area contributed by atoms with Crippen LogP contribution in [0.4, 0.5) is 5.00 Å². The van der Waals surface area contributed by atoms with Crippen molar-refractivity contribution >= 4 is 33.2 Å². The SMILES string of the molecule is O=C(CCCc1nc2ccccc2c(=O)[nH]1)OCc1csc([N+](=O)[O-])c1. The maximum absolute atomic E-state index is 12.0. The smallest absolute Gasteiger partial charge is 0.324 e. The van der Waals surface area contributed by atoms with Crippen molar-refractivity contribution in [2.24, 2.45) is 0 Å². The summed E-state index contributed by atoms with van der Waals surface area (Å²) in [7, 11) is 0. The number of rotatable bonds is 7. The Labute approximate surface area is 151 Å². The lowest BCUT2D eigenvalue weighted by Crippen LogP contribution is -2.12. The normalized spacial score (nSPS) is 10.8. The second-order valence-electron chi connectivity index (χ2n) is 5.59. The number of fused-ring (bicyclic) bond motifs is 1. The molecule has 2 heterocycles. The van der Waals surface area contributed by atoms with Gasteiger partial charge in [0.25, 0.3) is 5.56 Å². The van der Waals surface area contributed by atoms with Crippen LogP contribution in [-0.4, -0.2) is 20.9 Å². The number of hydrogen-bond acceptors (Lipinski definition) is 7. The fourth-order valence-corrected chi connectivity index (χ4v) is 3.14. The third kappa shape index (κ3) is 4.31. The second-order valence-corrected chi connectivity index (χ2v) is 6.48. The van der Waals surface area contributed by atoms with Crippen LogP contribution in [0.2, 0.25) is 0 Å². The summed E-state index contributed by atoms with van der Waals surface area (Å²) in [5, 5.41) is 12.7. The van der Waals surface area contributed by atoms with E-state index in [4.69, 9.17) is 4.74 Å². The molecule has 134 valence electrons. The predicted molar refractivity (Wildman–Crippen MR) is 96.1 cm³/mol. The van der Waals surface area contributed by atoms with Crippen molar-refractivity contribution < 1.29 is 14.5 Å². The minimum absolute atomic E-state index is 0.00817. The number of aromatic nitrogens is 2. The van der Waals surface area contributed by atoms with Gasteiger partial charge in [-0.1, -0.05) is 23.5 Å². The van der Waals surface area contributed by atoms with Gasteiger partial charge >= 0.3 is 11.0 Å². The Kier molecular flexibility index (Phi) is 5.37. The van der Waals surface area contributed by atoms with Gasteiger partial charge in [-0.05, 0) is 18.6 Å². The molecule has 0 fully saturated rings. The number of hydrogen-bond donors (Lipinski definition) is 1. The molecule has 9 heteroatoms. The number of nitrogens with zero attached hydrogens (tertiary/aromatic N) is 2. The maximum atomic E-state index is 12.0. The highest BCUT2D eigenvalue weighted by Gasteiger charge is 2.11. The van der Waals surface area contributed by atoms with Gasteiger partial charge in [0.2, 0.25) is 0 Å². The first kappa shape index (κ1) is 17.7. The molecule has 2 aromatic heterocycles. The average Bonchev–Trinajstić information content (AvgIpc) is 3.09. The lowest BCUT2D eigenvalue weighted by atomic mass is 10.2. The van der Waals surface area contributed by atoms with E-state index in [1.807, 2.05) is 6.07 Å². The number of para-hydroxylation sites is 1. The first-order chi connectivity index (χ1) is 12.5. The number of ether oxygens (including phenoxy) is 1. The van der Waals surface area contributed by atoms with E-state index in [0.29, 0.717) is 35.1 Å². The van der Waals surface area contributed by atoms with E-state index in [1.165, 1.54) is 6.07 Å². The van der Waals surface area contributed by atoms with E-state index >= 15 is 0 Å². The summed E-state index contributed by atoms with van der Waals surface area (Å²) in [5.74, 6) is 0.122. The molecule has 8 nitrogen and oxygen atoms in total. The van der Waals surface area contributed by atoms with Crippen molar-refractivity contribution in [3.8, 4) is 0 Å². The molecule has 0 aliphatic rings. The van der Waals surface area contributed by atoms with Gasteiger partial charge in [0, 0.05) is 29.9 Å². The second kappa shape index (κ2) is 7.87.